The Balaban J connectivity index is 1.69. The van der Waals surface area contributed by atoms with Gasteiger partial charge in [-0.2, -0.15) is 5.10 Å². The zero-order chi connectivity index (χ0) is 16.4. The van der Waals surface area contributed by atoms with E-state index in [0.717, 1.165) is 47.0 Å². The Labute approximate surface area is 141 Å². The number of aryl methyl sites for hydroxylation is 2. The number of benzene rings is 1. The fourth-order valence-corrected chi connectivity index (χ4v) is 3.47. The van der Waals surface area contributed by atoms with Crippen molar-refractivity contribution in [2.45, 2.75) is 32.7 Å². The number of aromatic amines is 1. The molecule has 1 aliphatic heterocycles. The van der Waals surface area contributed by atoms with Crippen LogP contribution in [0.2, 0.25) is 5.02 Å². The van der Waals surface area contributed by atoms with Gasteiger partial charge in [-0.15, -0.1) is 0 Å². The van der Waals surface area contributed by atoms with Gasteiger partial charge < -0.3 is 5.32 Å². The smallest absolute Gasteiger partial charge is 0.238 e. The number of halogens is 1. The minimum Gasteiger partial charge on any atom is -0.322 e. The number of hydrogen-bond donors (Lipinski definition) is 2. The summed E-state index contributed by atoms with van der Waals surface area (Å²) in [4.78, 5) is 14.6. The summed E-state index contributed by atoms with van der Waals surface area (Å²) in [6.07, 6.45) is 2.10. The first kappa shape index (κ1) is 16.0. The van der Waals surface area contributed by atoms with E-state index in [1.54, 1.807) is 0 Å². The SMILES string of the molecule is Cc1n[nH]c(C)c1NC(=O)CN1CCCC1c1ccccc1Cl. The quantitative estimate of drug-likeness (QED) is 0.901. The molecule has 0 saturated carbocycles. The zero-order valence-corrected chi connectivity index (χ0v) is 14.2. The zero-order valence-electron chi connectivity index (χ0n) is 13.4. The largest absolute Gasteiger partial charge is 0.322 e. The molecule has 1 atom stereocenters. The average molecular weight is 333 g/mol. The standard InChI is InChI=1S/C17H21ClN4O/c1-11-17(12(2)21-20-11)19-16(23)10-22-9-5-8-15(22)13-6-3-4-7-14(13)18/h3-4,6-7,15H,5,8-10H2,1-2H3,(H,19,23)(H,20,21). The van der Waals surface area contributed by atoms with E-state index in [-0.39, 0.29) is 11.9 Å². The van der Waals surface area contributed by atoms with Gasteiger partial charge in [0.1, 0.15) is 0 Å². The predicted molar refractivity (Wildman–Crippen MR) is 91.7 cm³/mol. The van der Waals surface area contributed by atoms with Gasteiger partial charge in [-0.3, -0.25) is 14.8 Å². The van der Waals surface area contributed by atoms with Gasteiger partial charge in [0, 0.05) is 11.1 Å². The lowest BCUT2D eigenvalue weighted by molar-refractivity contribution is -0.117. The molecule has 0 radical (unpaired) electrons. The van der Waals surface area contributed by atoms with Crippen molar-refractivity contribution >= 4 is 23.2 Å². The summed E-state index contributed by atoms with van der Waals surface area (Å²) >= 11 is 6.32. The van der Waals surface area contributed by atoms with Crippen LogP contribution in [0.15, 0.2) is 24.3 Å². The molecule has 1 saturated heterocycles. The second-order valence-corrected chi connectivity index (χ2v) is 6.41. The molecule has 5 nitrogen and oxygen atoms in total. The van der Waals surface area contributed by atoms with Gasteiger partial charge in [-0.1, -0.05) is 29.8 Å². The van der Waals surface area contributed by atoms with Crippen LogP contribution in [0.1, 0.15) is 35.8 Å². The highest BCUT2D eigenvalue weighted by Crippen LogP contribution is 2.35. The van der Waals surface area contributed by atoms with Crippen LogP contribution in [0.5, 0.6) is 0 Å². The van der Waals surface area contributed by atoms with E-state index in [9.17, 15) is 4.79 Å². The van der Waals surface area contributed by atoms with Crippen molar-refractivity contribution in [1.82, 2.24) is 15.1 Å². The fourth-order valence-electron chi connectivity index (χ4n) is 3.21. The minimum absolute atomic E-state index is 0.0171. The molecule has 1 fully saturated rings. The average Bonchev–Trinajstić information content (AvgIpc) is 3.09. The molecular weight excluding hydrogens is 312 g/mol. The van der Waals surface area contributed by atoms with E-state index in [2.05, 4.69) is 20.4 Å². The lowest BCUT2D eigenvalue weighted by atomic mass is 10.0. The van der Waals surface area contributed by atoms with E-state index < -0.39 is 0 Å². The first-order valence-electron chi connectivity index (χ1n) is 7.86. The molecule has 23 heavy (non-hydrogen) atoms. The maximum atomic E-state index is 12.4. The topological polar surface area (TPSA) is 61.0 Å². The number of carbonyl (C=O) groups is 1. The molecule has 3 rings (SSSR count). The van der Waals surface area contributed by atoms with Gasteiger partial charge in [-0.25, -0.2) is 0 Å². The molecule has 0 bridgehead atoms. The number of anilines is 1. The summed E-state index contributed by atoms with van der Waals surface area (Å²) in [6, 6.07) is 8.10. The maximum Gasteiger partial charge on any atom is 0.238 e. The summed E-state index contributed by atoms with van der Waals surface area (Å²) < 4.78 is 0. The van der Waals surface area contributed by atoms with Gasteiger partial charge in [0.2, 0.25) is 5.91 Å². The van der Waals surface area contributed by atoms with Crippen LogP contribution < -0.4 is 5.32 Å². The first-order chi connectivity index (χ1) is 11.1. The lowest BCUT2D eigenvalue weighted by Gasteiger charge is -2.25. The number of hydrogen-bond acceptors (Lipinski definition) is 3. The van der Waals surface area contributed by atoms with Crippen molar-refractivity contribution in [3.63, 3.8) is 0 Å². The number of amides is 1. The monoisotopic (exact) mass is 332 g/mol. The minimum atomic E-state index is -0.0171. The molecule has 1 amide bonds. The van der Waals surface area contributed by atoms with Crippen molar-refractivity contribution in [2.24, 2.45) is 0 Å². The molecule has 1 aromatic heterocycles. The van der Waals surface area contributed by atoms with Gasteiger partial charge in [0.05, 0.1) is 23.6 Å². The van der Waals surface area contributed by atoms with Crippen LogP contribution in [-0.2, 0) is 4.79 Å². The highest BCUT2D eigenvalue weighted by Gasteiger charge is 2.29. The highest BCUT2D eigenvalue weighted by molar-refractivity contribution is 6.31. The highest BCUT2D eigenvalue weighted by atomic mass is 35.5. The van der Waals surface area contributed by atoms with Crippen LogP contribution in [0.4, 0.5) is 5.69 Å². The number of carbonyl (C=O) groups excluding carboxylic acids is 1. The van der Waals surface area contributed by atoms with Crippen molar-refractivity contribution in [2.75, 3.05) is 18.4 Å². The number of aromatic nitrogens is 2. The summed E-state index contributed by atoms with van der Waals surface area (Å²) in [5.41, 5.74) is 3.57. The fraction of sp³-hybridized carbons (Fsp3) is 0.412. The Morgan fingerprint density at radius 3 is 2.91 bits per heavy atom. The van der Waals surface area contributed by atoms with Gasteiger partial charge >= 0.3 is 0 Å². The van der Waals surface area contributed by atoms with Crippen molar-refractivity contribution in [3.8, 4) is 0 Å². The normalized spacial score (nSPS) is 18.3. The molecule has 1 aliphatic rings. The molecule has 2 aromatic rings. The van der Waals surface area contributed by atoms with Crippen LogP contribution in [0, 0.1) is 13.8 Å². The third-order valence-electron chi connectivity index (χ3n) is 4.37. The molecule has 1 aromatic carbocycles. The van der Waals surface area contributed by atoms with E-state index >= 15 is 0 Å². The van der Waals surface area contributed by atoms with Gasteiger partial charge in [0.25, 0.3) is 0 Å². The summed E-state index contributed by atoms with van der Waals surface area (Å²) in [5.74, 6) is -0.0171. The second kappa shape index (κ2) is 6.72. The number of rotatable bonds is 4. The molecular formula is C17H21ClN4O. The van der Waals surface area contributed by atoms with Crippen molar-refractivity contribution in [1.29, 1.82) is 0 Å². The lowest BCUT2D eigenvalue weighted by Crippen LogP contribution is -2.33. The van der Waals surface area contributed by atoms with Crippen LogP contribution in [0.25, 0.3) is 0 Å². The number of likely N-dealkylation sites (tertiary alicyclic amines) is 1. The molecule has 0 aliphatic carbocycles. The number of H-pyrrole nitrogens is 1. The summed E-state index contributed by atoms with van der Waals surface area (Å²) in [5, 5.41) is 10.7. The second-order valence-electron chi connectivity index (χ2n) is 6.01. The molecule has 2 heterocycles. The van der Waals surface area contributed by atoms with E-state index in [4.69, 9.17) is 11.6 Å². The Bertz CT molecular complexity index is 693. The Morgan fingerprint density at radius 1 is 1.43 bits per heavy atom. The maximum absolute atomic E-state index is 12.4. The van der Waals surface area contributed by atoms with Crippen LogP contribution in [0.3, 0.4) is 0 Å². The predicted octanol–water partition coefficient (Wildman–Crippen LogP) is 3.46. The third-order valence-corrected chi connectivity index (χ3v) is 4.71. The molecule has 1 unspecified atom stereocenters. The number of nitrogens with one attached hydrogen (secondary N) is 2. The molecule has 2 N–H and O–H groups in total. The Morgan fingerprint density at radius 2 is 2.22 bits per heavy atom. The Kier molecular flexibility index (Phi) is 4.68. The third kappa shape index (κ3) is 3.41. The molecule has 6 heteroatoms. The van der Waals surface area contributed by atoms with E-state index in [0.29, 0.717) is 6.54 Å². The summed E-state index contributed by atoms with van der Waals surface area (Å²) in [6.45, 7) is 5.05. The van der Waals surface area contributed by atoms with Crippen molar-refractivity contribution < 1.29 is 4.79 Å². The van der Waals surface area contributed by atoms with E-state index in [1.807, 2.05) is 38.1 Å². The van der Waals surface area contributed by atoms with Gasteiger partial charge in [0.15, 0.2) is 0 Å². The molecule has 0 spiro atoms. The van der Waals surface area contributed by atoms with Gasteiger partial charge in [-0.05, 0) is 44.9 Å². The summed E-state index contributed by atoms with van der Waals surface area (Å²) in [7, 11) is 0. The van der Waals surface area contributed by atoms with E-state index in [1.165, 1.54) is 0 Å². The molecule has 122 valence electrons. The van der Waals surface area contributed by atoms with Crippen LogP contribution >= 0.6 is 11.6 Å². The Hall–Kier alpha value is -1.85. The van der Waals surface area contributed by atoms with Crippen molar-refractivity contribution in [3.05, 3.63) is 46.2 Å². The first-order valence-corrected chi connectivity index (χ1v) is 8.24. The number of nitrogens with zero attached hydrogens (tertiary/aromatic N) is 2. The van der Waals surface area contributed by atoms with Crippen LogP contribution in [-0.4, -0.2) is 34.1 Å².